The zero-order chi connectivity index (χ0) is 11.8. The van der Waals surface area contributed by atoms with E-state index in [2.05, 4.69) is 26.1 Å². The van der Waals surface area contributed by atoms with Gasteiger partial charge in [-0.2, -0.15) is 0 Å². The summed E-state index contributed by atoms with van der Waals surface area (Å²) in [4.78, 5) is 11.4. The molecule has 0 aliphatic rings. The van der Waals surface area contributed by atoms with Gasteiger partial charge in [-0.05, 0) is 18.8 Å². The number of carbonyl (C=O) groups excluding carboxylic acids is 1. The average Bonchev–Trinajstić information content (AvgIpc) is 2.24. The molecule has 90 valence electrons. The first-order valence-electron chi connectivity index (χ1n) is 5.86. The summed E-state index contributed by atoms with van der Waals surface area (Å²) in [6, 6.07) is 0. The van der Waals surface area contributed by atoms with Crippen LogP contribution >= 0.6 is 0 Å². The maximum absolute atomic E-state index is 11.4. The minimum Gasteiger partial charge on any atom is -0.381 e. The number of ether oxygens (including phenoxy) is 1. The molecule has 0 aromatic heterocycles. The summed E-state index contributed by atoms with van der Waals surface area (Å²) in [5, 5.41) is 2.80. The van der Waals surface area contributed by atoms with Gasteiger partial charge in [0.1, 0.15) is 0 Å². The van der Waals surface area contributed by atoms with Crippen LogP contribution in [0.25, 0.3) is 0 Å². The Balaban J connectivity index is 4.17. The molecule has 0 spiro atoms. The molecule has 0 fully saturated rings. The van der Waals surface area contributed by atoms with Gasteiger partial charge in [0.15, 0.2) is 0 Å². The summed E-state index contributed by atoms with van der Waals surface area (Å²) in [5.41, 5.74) is 0. The summed E-state index contributed by atoms with van der Waals surface area (Å²) in [6.07, 6.45) is 1.62. The fraction of sp³-hybridized carbons (Fsp3) is 0.917. The van der Waals surface area contributed by atoms with Gasteiger partial charge in [-0.3, -0.25) is 4.79 Å². The van der Waals surface area contributed by atoms with E-state index in [9.17, 15) is 4.79 Å². The quantitative estimate of drug-likeness (QED) is 0.707. The fourth-order valence-corrected chi connectivity index (χ4v) is 1.67. The molecule has 0 saturated heterocycles. The Morgan fingerprint density at radius 2 is 1.93 bits per heavy atom. The lowest BCUT2D eigenvalue weighted by Crippen LogP contribution is -2.33. The zero-order valence-corrected chi connectivity index (χ0v) is 10.7. The Labute approximate surface area is 93.6 Å². The Morgan fingerprint density at radius 3 is 2.33 bits per heavy atom. The van der Waals surface area contributed by atoms with E-state index in [-0.39, 0.29) is 12.0 Å². The second kappa shape index (κ2) is 7.69. The lowest BCUT2D eigenvalue weighted by atomic mass is 9.87. The molecule has 0 aliphatic heterocycles. The first kappa shape index (κ1) is 14.4. The van der Waals surface area contributed by atoms with E-state index in [0.717, 1.165) is 6.42 Å². The zero-order valence-electron chi connectivity index (χ0n) is 10.7. The molecular formula is C12H25NO2. The number of hydrogen-bond donors (Lipinski definition) is 1. The summed E-state index contributed by atoms with van der Waals surface area (Å²) < 4.78 is 5.39. The first-order valence-corrected chi connectivity index (χ1v) is 5.86. The number of carbonyl (C=O) groups is 1. The van der Waals surface area contributed by atoms with Crippen molar-refractivity contribution in [1.29, 1.82) is 0 Å². The van der Waals surface area contributed by atoms with Gasteiger partial charge in [-0.1, -0.05) is 27.2 Å². The molecule has 0 rings (SSSR count). The fourth-order valence-electron chi connectivity index (χ4n) is 1.67. The summed E-state index contributed by atoms with van der Waals surface area (Å²) >= 11 is 0. The molecule has 15 heavy (non-hydrogen) atoms. The number of rotatable bonds is 7. The number of amides is 1. The van der Waals surface area contributed by atoms with Gasteiger partial charge in [0.05, 0.1) is 12.5 Å². The molecule has 3 heteroatoms. The monoisotopic (exact) mass is 215 g/mol. The number of nitrogens with one attached hydrogen (secondary N) is 1. The molecule has 0 saturated carbocycles. The molecule has 2 unspecified atom stereocenters. The first-order chi connectivity index (χ1) is 7.06. The van der Waals surface area contributed by atoms with Crippen molar-refractivity contribution in [3.05, 3.63) is 0 Å². The molecule has 1 amide bonds. The maximum Gasteiger partial charge on any atom is 0.222 e. The normalized spacial score (nSPS) is 16.9. The van der Waals surface area contributed by atoms with Gasteiger partial charge in [0.2, 0.25) is 5.91 Å². The second-order valence-corrected chi connectivity index (χ2v) is 4.18. The number of methoxy groups -OCH3 is 1. The van der Waals surface area contributed by atoms with Crippen LogP contribution < -0.4 is 5.32 Å². The van der Waals surface area contributed by atoms with E-state index < -0.39 is 0 Å². The van der Waals surface area contributed by atoms with Crippen molar-refractivity contribution in [1.82, 2.24) is 5.32 Å². The van der Waals surface area contributed by atoms with Crippen molar-refractivity contribution in [2.75, 3.05) is 13.7 Å². The standard InChI is InChI=1S/C12H25NO2/c1-6-9(3)10(4)11(15-5)8-12(14)13-7-2/h9-11H,6-8H2,1-5H3,(H,13,14)/t9?,10-,11?/m0/s1. The minimum atomic E-state index is 0.0338. The minimum absolute atomic E-state index is 0.0338. The van der Waals surface area contributed by atoms with E-state index in [1.807, 2.05) is 6.92 Å². The van der Waals surface area contributed by atoms with Crippen molar-refractivity contribution in [3.8, 4) is 0 Å². The van der Waals surface area contributed by atoms with Gasteiger partial charge in [-0.25, -0.2) is 0 Å². The van der Waals surface area contributed by atoms with Crippen LogP contribution in [0.1, 0.15) is 40.5 Å². The molecule has 0 bridgehead atoms. The summed E-state index contributed by atoms with van der Waals surface area (Å²) in [6.45, 7) is 9.14. The third kappa shape index (κ3) is 5.17. The molecular weight excluding hydrogens is 190 g/mol. The van der Waals surface area contributed by atoms with Crippen LogP contribution in [0, 0.1) is 11.8 Å². The van der Waals surface area contributed by atoms with Crippen LogP contribution in [0.5, 0.6) is 0 Å². The van der Waals surface area contributed by atoms with Crippen molar-refractivity contribution in [2.45, 2.75) is 46.6 Å². The second-order valence-electron chi connectivity index (χ2n) is 4.18. The largest absolute Gasteiger partial charge is 0.381 e. The van der Waals surface area contributed by atoms with Gasteiger partial charge < -0.3 is 10.1 Å². The lowest BCUT2D eigenvalue weighted by molar-refractivity contribution is -0.124. The molecule has 3 atom stereocenters. The highest BCUT2D eigenvalue weighted by Gasteiger charge is 2.23. The average molecular weight is 215 g/mol. The lowest BCUT2D eigenvalue weighted by Gasteiger charge is -2.26. The molecule has 0 aromatic carbocycles. The molecule has 0 radical (unpaired) electrons. The number of hydrogen-bond acceptors (Lipinski definition) is 2. The van der Waals surface area contributed by atoms with Crippen LogP contribution in [0.3, 0.4) is 0 Å². The van der Waals surface area contributed by atoms with Gasteiger partial charge in [0.25, 0.3) is 0 Å². The Kier molecular flexibility index (Phi) is 7.39. The van der Waals surface area contributed by atoms with Gasteiger partial charge >= 0.3 is 0 Å². The van der Waals surface area contributed by atoms with E-state index in [1.165, 1.54) is 0 Å². The Morgan fingerprint density at radius 1 is 1.33 bits per heavy atom. The van der Waals surface area contributed by atoms with Crippen LogP contribution in [-0.4, -0.2) is 25.7 Å². The van der Waals surface area contributed by atoms with Crippen LogP contribution in [0.4, 0.5) is 0 Å². The van der Waals surface area contributed by atoms with Crippen molar-refractivity contribution in [3.63, 3.8) is 0 Å². The summed E-state index contributed by atoms with van der Waals surface area (Å²) in [5.74, 6) is 1.09. The topological polar surface area (TPSA) is 38.3 Å². The molecule has 3 nitrogen and oxygen atoms in total. The highest BCUT2D eigenvalue weighted by Crippen LogP contribution is 2.22. The van der Waals surface area contributed by atoms with E-state index in [0.29, 0.717) is 24.8 Å². The summed E-state index contributed by atoms with van der Waals surface area (Å²) in [7, 11) is 1.68. The smallest absolute Gasteiger partial charge is 0.222 e. The predicted octanol–water partition coefficient (Wildman–Crippen LogP) is 2.21. The Bertz CT molecular complexity index is 182. The van der Waals surface area contributed by atoms with Crippen LogP contribution in [0.15, 0.2) is 0 Å². The molecule has 0 aromatic rings. The predicted molar refractivity (Wildman–Crippen MR) is 62.7 cm³/mol. The van der Waals surface area contributed by atoms with Crippen molar-refractivity contribution in [2.24, 2.45) is 11.8 Å². The van der Waals surface area contributed by atoms with Gasteiger partial charge in [0, 0.05) is 13.7 Å². The SMILES string of the molecule is CCNC(=O)CC(OC)[C@@H](C)C(C)CC. The molecule has 0 aliphatic carbocycles. The third-order valence-electron chi connectivity index (χ3n) is 3.19. The van der Waals surface area contributed by atoms with E-state index >= 15 is 0 Å². The van der Waals surface area contributed by atoms with Crippen LogP contribution in [0.2, 0.25) is 0 Å². The third-order valence-corrected chi connectivity index (χ3v) is 3.19. The molecule has 0 heterocycles. The Hall–Kier alpha value is -0.570. The maximum atomic E-state index is 11.4. The van der Waals surface area contributed by atoms with Gasteiger partial charge in [-0.15, -0.1) is 0 Å². The van der Waals surface area contributed by atoms with Crippen molar-refractivity contribution < 1.29 is 9.53 Å². The van der Waals surface area contributed by atoms with E-state index in [4.69, 9.17) is 4.74 Å². The highest BCUT2D eigenvalue weighted by molar-refractivity contribution is 5.76. The highest BCUT2D eigenvalue weighted by atomic mass is 16.5. The van der Waals surface area contributed by atoms with E-state index in [1.54, 1.807) is 7.11 Å². The van der Waals surface area contributed by atoms with Crippen molar-refractivity contribution >= 4 is 5.91 Å². The van der Waals surface area contributed by atoms with Crippen LogP contribution in [-0.2, 0) is 9.53 Å². The molecule has 1 N–H and O–H groups in total.